The standard InChI is InChI=1S/C26H29N5O3/c1-17-14-18(2)28-26(27-17)29-22-7-5-6-21(15-22)25(33)30-12-13-31(19(3)32)24(16-30)20-8-10-23(34-4)11-9-20/h5-11,14-15,24H,12-13,16H2,1-4H3,(H,27,28,29). The van der Waals surface area contributed by atoms with Crippen molar-refractivity contribution in [2.75, 3.05) is 32.1 Å². The van der Waals surface area contributed by atoms with Crippen molar-refractivity contribution in [2.24, 2.45) is 0 Å². The summed E-state index contributed by atoms with van der Waals surface area (Å²) in [5.74, 6) is 1.16. The highest BCUT2D eigenvalue weighted by atomic mass is 16.5. The van der Waals surface area contributed by atoms with E-state index in [2.05, 4.69) is 15.3 Å². The molecular weight excluding hydrogens is 430 g/mol. The number of piperazine rings is 1. The van der Waals surface area contributed by atoms with Crippen molar-refractivity contribution in [1.29, 1.82) is 0 Å². The van der Waals surface area contributed by atoms with Gasteiger partial charge < -0.3 is 19.9 Å². The molecule has 0 bridgehead atoms. The second-order valence-corrected chi connectivity index (χ2v) is 8.43. The van der Waals surface area contributed by atoms with Crippen LogP contribution in [0.3, 0.4) is 0 Å². The molecule has 1 aliphatic heterocycles. The third-order valence-corrected chi connectivity index (χ3v) is 5.92. The minimum Gasteiger partial charge on any atom is -0.497 e. The molecular formula is C26H29N5O3. The first-order valence-electron chi connectivity index (χ1n) is 11.2. The van der Waals surface area contributed by atoms with Crippen LogP contribution in [0.2, 0.25) is 0 Å². The molecule has 0 radical (unpaired) electrons. The van der Waals surface area contributed by atoms with E-state index in [1.165, 1.54) is 0 Å². The number of hydrogen-bond acceptors (Lipinski definition) is 6. The maximum absolute atomic E-state index is 13.4. The summed E-state index contributed by atoms with van der Waals surface area (Å²) in [6.07, 6.45) is 0. The van der Waals surface area contributed by atoms with Crippen molar-refractivity contribution in [1.82, 2.24) is 19.8 Å². The summed E-state index contributed by atoms with van der Waals surface area (Å²) >= 11 is 0. The number of methoxy groups -OCH3 is 1. The largest absolute Gasteiger partial charge is 0.497 e. The first-order chi connectivity index (χ1) is 16.3. The number of aryl methyl sites for hydroxylation is 2. The first kappa shape index (κ1) is 23.2. The van der Waals surface area contributed by atoms with Crippen LogP contribution in [0.25, 0.3) is 0 Å². The van der Waals surface area contributed by atoms with E-state index in [-0.39, 0.29) is 17.9 Å². The Kier molecular flexibility index (Phi) is 6.77. The number of rotatable bonds is 5. The van der Waals surface area contributed by atoms with Crippen LogP contribution >= 0.6 is 0 Å². The van der Waals surface area contributed by atoms with Crippen molar-refractivity contribution in [3.05, 3.63) is 77.1 Å². The van der Waals surface area contributed by atoms with Crippen molar-refractivity contribution >= 4 is 23.5 Å². The average Bonchev–Trinajstić information content (AvgIpc) is 2.82. The molecule has 8 nitrogen and oxygen atoms in total. The number of ether oxygens (including phenoxy) is 1. The van der Waals surface area contributed by atoms with Gasteiger partial charge in [0.1, 0.15) is 5.75 Å². The molecule has 2 heterocycles. The topological polar surface area (TPSA) is 87.7 Å². The Morgan fingerprint density at radius 2 is 1.71 bits per heavy atom. The Labute approximate surface area is 199 Å². The quantitative estimate of drug-likeness (QED) is 0.623. The molecule has 8 heteroatoms. The molecule has 2 amide bonds. The fraction of sp³-hybridized carbons (Fsp3) is 0.308. The van der Waals surface area contributed by atoms with Crippen molar-refractivity contribution in [2.45, 2.75) is 26.8 Å². The summed E-state index contributed by atoms with van der Waals surface area (Å²) in [7, 11) is 1.62. The molecule has 4 rings (SSSR count). The van der Waals surface area contributed by atoms with E-state index >= 15 is 0 Å². The molecule has 1 aromatic heterocycles. The lowest BCUT2D eigenvalue weighted by Crippen LogP contribution is -2.51. The maximum Gasteiger partial charge on any atom is 0.254 e. The zero-order valence-electron chi connectivity index (χ0n) is 19.9. The van der Waals surface area contributed by atoms with E-state index in [1.807, 2.05) is 67.3 Å². The number of amides is 2. The van der Waals surface area contributed by atoms with Gasteiger partial charge in [-0.3, -0.25) is 9.59 Å². The molecule has 1 saturated heterocycles. The highest BCUT2D eigenvalue weighted by Crippen LogP contribution is 2.28. The minimum atomic E-state index is -0.217. The van der Waals surface area contributed by atoms with Crippen LogP contribution in [0, 0.1) is 13.8 Å². The third kappa shape index (κ3) is 5.17. The van der Waals surface area contributed by atoms with Gasteiger partial charge in [-0.2, -0.15) is 0 Å². The number of carbonyl (C=O) groups is 2. The van der Waals surface area contributed by atoms with Gasteiger partial charge in [0, 0.05) is 49.2 Å². The van der Waals surface area contributed by atoms with E-state index < -0.39 is 0 Å². The van der Waals surface area contributed by atoms with Gasteiger partial charge in [0.25, 0.3) is 5.91 Å². The lowest BCUT2D eigenvalue weighted by atomic mass is 10.0. The van der Waals surface area contributed by atoms with Gasteiger partial charge in [0.2, 0.25) is 11.9 Å². The van der Waals surface area contributed by atoms with Crippen LogP contribution in [0.15, 0.2) is 54.6 Å². The van der Waals surface area contributed by atoms with Gasteiger partial charge >= 0.3 is 0 Å². The number of aromatic nitrogens is 2. The van der Waals surface area contributed by atoms with Crippen LogP contribution in [0.5, 0.6) is 5.75 Å². The Morgan fingerprint density at radius 1 is 1.00 bits per heavy atom. The Bertz CT molecular complexity index is 1180. The number of carbonyl (C=O) groups excluding carboxylic acids is 2. The smallest absolute Gasteiger partial charge is 0.254 e. The molecule has 1 atom stereocenters. The van der Waals surface area contributed by atoms with Crippen LogP contribution in [-0.4, -0.2) is 58.3 Å². The molecule has 0 saturated carbocycles. The highest BCUT2D eigenvalue weighted by molar-refractivity contribution is 5.95. The molecule has 2 aromatic carbocycles. The van der Waals surface area contributed by atoms with E-state index in [0.29, 0.717) is 31.1 Å². The molecule has 0 aliphatic carbocycles. The van der Waals surface area contributed by atoms with Gasteiger partial charge in [0.15, 0.2) is 0 Å². The predicted octanol–water partition coefficient (Wildman–Crippen LogP) is 3.89. The van der Waals surface area contributed by atoms with Crippen molar-refractivity contribution < 1.29 is 14.3 Å². The zero-order chi connectivity index (χ0) is 24.2. The van der Waals surface area contributed by atoms with Crippen molar-refractivity contribution in [3.8, 4) is 5.75 Å². The van der Waals surface area contributed by atoms with Crippen molar-refractivity contribution in [3.63, 3.8) is 0 Å². The number of nitrogens with one attached hydrogen (secondary N) is 1. The summed E-state index contributed by atoms with van der Waals surface area (Å²) in [6, 6.07) is 16.7. The SMILES string of the molecule is COc1ccc(C2CN(C(=O)c3cccc(Nc4nc(C)cc(C)n4)c3)CCN2C(C)=O)cc1. The summed E-state index contributed by atoms with van der Waals surface area (Å²) in [5.41, 5.74) is 4.02. The average molecular weight is 460 g/mol. The number of nitrogens with zero attached hydrogens (tertiary/aromatic N) is 4. The normalized spacial score (nSPS) is 15.7. The maximum atomic E-state index is 13.4. The molecule has 34 heavy (non-hydrogen) atoms. The van der Waals surface area contributed by atoms with E-state index in [1.54, 1.807) is 25.0 Å². The highest BCUT2D eigenvalue weighted by Gasteiger charge is 2.32. The number of anilines is 2. The van der Waals surface area contributed by atoms with Gasteiger partial charge in [-0.1, -0.05) is 18.2 Å². The Hall–Kier alpha value is -3.94. The molecule has 1 aliphatic rings. The van der Waals surface area contributed by atoms with Crippen LogP contribution in [0.4, 0.5) is 11.6 Å². The minimum absolute atomic E-state index is 0.00689. The molecule has 3 aromatic rings. The van der Waals surface area contributed by atoms with Gasteiger partial charge in [-0.05, 0) is 55.8 Å². The second kappa shape index (κ2) is 9.91. The molecule has 1 unspecified atom stereocenters. The van der Waals surface area contributed by atoms with E-state index in [9.17, 15) is 9.59 Å². The number of hydrogen-bond donors (Lipinski definition) is 1. The van der Waals surface area contributed by atoms with E-state index in [4.69, 9.17) is 4.74 Å². The zero-order valence-corrected chi connectivity index (χ0v) is 19.9. The van der Waals surface area contributed by atoms with Gasteiger partial charge in [-0.15, -0.1) is 0 Å². The lowest BCUT2D eigenvalue weighted by molar-refractivity contribution is -0.133. The predicted molar refractivity (Wildman–Crippen MR) is 130 cm³/mol. The van der Waals surface area contributed by atoms with Gasteiger partial charge in [-0.25, -0.2) is 9.97 Å². The fourth-order valence-corrected chi connectivity index (χ4v) is 4.28. The molecule has 176 valence electrons. The fourth-order valence-electron chi connectivity index (χ4n) is 4.28. The lowest BCUT2D eigenvalue weighted by Gasteiger charge is -2.41. The summed E-state index contributed by atoms with van der Waals surface area (Å²) in [5, 5.41) is 3.19. The summed E-state index contributed by atoms with van der Waals surface area (Å²) < 4.78 is 5.25. The second-order valence-electron chi connectivity index (χ2n) is 8.43. The Morgan fingerprint density at radius 3 is 2.35 bits per heavy atom. The molecule has 0 spiro atoms. The summed E-state index contributed by atoms with van der Waals surface area (Å²) in [6.45, 7) is 6.77. The van der Waals surface area contributed by atoms with Gasteiger partial charge in [0.05, 0.1) is 13.2 Å². The molecule has 1 fully saturated rings. The Balaban J connectivity index is 1.54. The monoisotopic (exact) mass is 459 g/mol. The number of benzene rings is 2. The van der Waals surface area contributed by atoms with Crippen LogP contribution in [0.1, 0.15) is 40.3 Å². The third-order valence-electron chi connectivity index (χ3n) is 5.92. The summed E-state index contributed by atoms with van der Waals surface area (Å²) in [4.78, 5) is 38.2. The van der Waals surface area contributed by atoms with E-state index in [0.717, 1.165) is 28.4 Å². The van der Waals surface area contributed by atoms with Crippen LogP contribution < -0.4 is 10.1 Å². The first-order valence-corrected chi connectivity index (χ1v) is 11.2. The van der Waals surface area contributed by atoms with Crippen LogP contribution in [-0.2, 0) is 4.79 Å². The molecule has 1 N–H and O–H groups in total.